The van der Waals surface area contributed by atoms with Crippen molar-refractivity contribution < 1.29 is 8.42 Å². The summed E-state index contributed by atoms with van der Waals surface area (Å²) >= 11 is 6.13. The second-order valence-corrected chi connectivity index (χ2v) is 8.95. The van der Waals surface area contributed by atoms with Gasteiger partial charge in [-0.2, -0.15) is 0 Å². The van der Waals surface area contributed by atoms with Crippen molar-refractivity contribution in [2.45, 2.75) is 17.7 Å². The number of sulfone groups is 1. The molecule has 1 aliphatic rings. The number of nitrogens with zero attached hydrogens (tertiary/aromatic N) is 1. The van der Waals surface area contributed by atoms with Crippen molar-refractivity contribution in [2.24, 2.45) is 0 Å². The highest BCUT2D eigenvalue weighted by Gasteiger charge is 2.51. The fraction of sp³-hybridized carbons (Fsp3) is 0.263. The first-order valence-electron chi connectivity index (χ1n) is 7.79. The van der Waals surface area contributed by atoms with Crippen LogP contribution >= 0.6 is 11.6 Å². The average Bonchev–Trinajstić information content (AvgIpc) is 2.82. The zero-order valence-electron chi connectivity index (χ0n) is 13.6. The molecule has 2 aromatic carbocycles. The maximum absolute atomic E-state index is 13.2. The highest BCUT2D eigenvalue weighted by atomic mass is 35.5. The van der Waals surface area contributed by atoms with Crippen LogP contribution in [0, 0.1) is 0 Å². The van der Waals surface area contributed by atoms with Crippen LogP contribution in [0.4, 0.5) is 5.69 Å². The van der Waals surface area contributed by atoms with Gasteiger partial charge in [0.05, 0.1) is 5.75 Å². The summed E-state index contributed by atoms with van der Waals surface area (Å²) in [5.41, 5.74) is 2.88. The van der Waals surface area contributed by atoms with Crippen LogP contribution in [0.3, 0.4) is 0 Å². The van der Waals surface area contributed by atoms with Gasteiger partial charge in [0.25, 0.3) is 0 Å². The molecule has 0 saturated heterocycles. The van der Waals surface area contributed by atoms with Gasteiger partial charge >= 0.3 is 0 Å². The zero-order chi connectivity index (χ0) is 17.4. The van der Waals surface area contributed by atoms with E-state index in [1.807, 2.05) is 60.5 Å². The van der Waals surface area contributed by atoms with Crippen LogP contribution in [0.2, 0.25) is 5.02 Å². The third kappa shape index (κ3) is 2.74. The molecule has 5 heteroatoms. The minimum absolute atomic E-state index is 0.0497. The summed E-state index contributed by atoms with van der Waals surface area (Å²) in [6.45, 7) is 3.62. The van der Waals surface area contributed by atoms with E-state index in [1.54, 1.807) is 0 Å². The molecule has 24 heavy (non-hydrogen) atoms. The molecule has 0 N–H and O–H groups in total. The van der Waals surface area contributed by atoms with E-state index >= 15 is 0 Å². The van der Waals surface area contributed by atoms with Crippen LogP contribution in [0.5, 0.6) is 0 Å². The van der Waals surface area contributed by atoms with Crippen LogP contribution < -0.4 is 4.90 Å². The summed E-state index contributed by atoms with van der Waals surface area (Å²) in [7, 11) is -1.60. The number of halogens is 1. The van der Waals surface area contributed by atoms with E-state index in [0.29, 0.717) is 17.9 Å². The summed E-state index contributed by atoms with van der Waals surface area (Å²) in [6.07, 6.45) is 2.33. The highest BCUT2D eigenvalue weighted by molar-refractivity contribution is 7.93. The number of benzene rings is 2. The lowest BCUT2D eigenvalue weighted by molar-refractivity contribution is 0.510. The van der Waals surface area contributed by atoms with Crippen LogP contribution in [0.1, 0.15) is 11.1 Å². The lowest BCUT2D eigenvalue weighted by atomic mass is 10.0. The SMILES string of the molecule is C=CCS(=O)(=O)C1(Cc2ccccc2)Cc2ccc(Cl)cc2N1C. The van der Waals surface area contributed by atoms with E-state index in [0.717, 1.165) is 16.8 Å². The minimum atomic E-state index is -3.43. The van der Waals surface area contributed by atoms with Crippen LogP contribution in [0.25, 0.3) is 0 Å². The maximum Gasteiger partial charge on any atom is 0.178 e. The standard InChI is InChI=1S/C19H20ClNO2S/c1-3-11-24(22,23)19(13-15-7-5-4-6-8-15)14-16-9-10-17(20)12-18(16)21(19)2/h3-10,12H,1,11,13-14H2,2H3. The van der Waals surface area contributed by atoms with Gasteiger partial charge in [0.2, 0.25) is 0 Å². The molecular formula is C19H20ClNO2S. The van der Waals surface area contributed by atoms with Gasteiger partial charge in [0, 0.05) is 30.6 Å². The fourth-order valence-electron chi connectivity index (χ4n) is 3.47. The molecule has 3 nitrogen and oxygen atoms in total. The fourth-order valence-corrected chi connectivity index (χ4v) is 5.53. The van der Waals surface area contributed by atoms with E-state index in [9.17, 15) is 8.42 Å². The molecule has 1 heterocycles. The Bertz CT molecular complexity index is 864. The molecule has 0 aliphatic carbocycles. The molecule has 0 bridgehead atoms. The van der Waals surface area contributed by atoms with Crippen molar-refractivity contribution in [3.05, 3.63) is 77.3 Å². The molecule has 126 valence electrons. The number of rotatable bonds is 5. The van der Waals surface area contributed by atoms with E-state index < -0.39 is 14.7 Å². The largest absolute Gasteiger partial charge is 0.355 e. The Hall–Kier alpha value is -1.78. The van der Waals surface area contributed by atoms with Gasteiger partial charge in [-0.15, -0.1) is 6.58 Å². The summed E-state index contributed by atoms with van der Waals surface area (Å²) < 4.78 is 26.4. The number of fused-ring (bicyclic) bond motifs is 1. The Morgan fingerprint density at radius 1 is 1.25 bits per heavy atom. The Balaban J connectivity index is 2.13. The first kappa shape index (κ1) is 17.1. The third-order valence-corrected chi connectivity index (χ3v) is 7.36. The molecule has 0 amide bonds. The van der Waals surface area contributed by atoms with Gasteiger partial charge in [0.1, 0.15) is 0 Å². The molecule has 0 spiro atoms. The minimum Gasteiger partial charge on any atom is -0.355 e. The molecule has 0 saturated carbocycles. The number of hydrogen-bond acceptors (Lipinski definition) is 3. The summed E-state index contributed by atoms with van der Waals surface area (Å²) in [5.74, 6) is -0.0497. The predicted octanol–water partition coefficient (Wildman–Crippen LogP) is 3.87. The molecule has 0 aromatic heterocycles. The van der Waals surface area contributed by atoms with E-state index in [-0.39, 0.29) is 5.75 Å². The zero-order valence-corrected chi connectivity index (χ0v) is 15.1. The van der Waals surface area contributed by atoms with E-state index in [2.05, 4.69) is 6.58 Å². The Labute approximate surface area is 148 Å². The van der Waals surface area contributed by atoms with E-state index in [1.165, 1.54) is 6.08 Å². The first-order valence-corrected chi connectivity index (χ1v) is 9.82. The van der Waals surface area contributed by atoms with Crippen molar-refractivity contribution >= 4 is 27.1 Å². The quantitative estimate of drug-likeness (QED) is 0.758. The van der Waals surface area contributed by atoms with Gasteiger partial charge < -0.3 is 4.90 Å². The van der Waals surface area contributed by atoms with Gasteiger partial charge in [0.15, 0.2) is 14.7 Å². The van der Waals surface area contributed by atoms with Crippen LogP contribution in [-0.2, 0) is 22.7 Å². The molecule has 0 fully saturated rings. The Kier molecular flexibility index (Phi) is 4.45. The molecule has 1 unspecified atom stereocenters. The average molecular weight is 362 g/mol. The molecular weight excluding hydrogens is 342 g/mol. The third-order valence-electron chi connectivity index (χ3n) is 4.73. The van der Waals surface area contributed by atoms with Gasteiger partial charge in [-0.3, -0.25) is 0 Å². The van der Waals surface area contributed by atoms with Gasteiger partial charge in [-0.1, -0.05) is 54.1 Å². The normalized spacial score (nSPS) is 20.0. The lowest BCUT2D eigenvalue weighted by Gasteiger charge is -2.37. The highest BCUT2D eigenvalue weighted by Crippen LogP contribution is 2.44. The predicted molar refractivity (Wildman–Crippen MR) is 100 cm³/mol. The molecule has 1 atom stereocenters. The van der Waals surface area contributed by atoms with Crippen molar-refractivity contribution in [1.29, 1.82) is 0 Å². The topological polar surface area (TPSA) is 37.4 Å². The Morgan fingerprint density at radius 3 is 2.62 bits per heavy atom. The monoisotopic (exact) mass is 361 g/mol. The number of anilines is 1. The van der Waals surface area contributed by atoms with Gasteiger partial charge in [-0.25, -0.2) is 8.42 Å². The second-order valence-electron chi connectivity index (χ2n) is 6.19. The van der Waals surface area contributed by atoms with Crippen molar-refractivity contribution in [1.82, 2.24) is 0 Å². The maximum atomic E-state index is 13.2. The number of likely N-dealkylation sites (N-methyl/N-ethyl adjacent to an activating group) is 1. The first-order chi connectivity index (χ1) is 11.4. The molecule has 0 radical (unpaired) electrons. The van der Waals surface area contributed by atoms with Crippen LogP contribution in [-0.4, -0.2) is 26.1 Å². The van der Waals surface area contributed by atoms with Crippen molar-refractivity contribution in [3.63, 3.8) is 0 Å². The molecule has 2 aromatic rings. The molecule has 1 aliphatic heterocycles. The molecule has 3 rings (SSSR count). The Morgan fingerprint density at radius 2 is 1.96 bits per heavy atom. The van der Waals surface area contributed by atoms with E-state index in [4.69, 9.17) is 11.6 Å². The lowest BCUT2D eigenvalue weighted by Crippen LogP contribution is -2.53. The number of hydrogen-bond donors (Lipinski definition) is 0. The smallest absolute Gasteiger partial charge is 0.178 e. The summed E-state index contributed by atoms with van der Waals surface area (Å²) in [4.78, 5) is 0.857. The van der Waals surface area contributed by atoms with Crippen molar-refractivity contribution in [3.8, 4) is 0 Å². The van der Waals surface area contributed by atoms with Crippen molar-refractivity contribution in [2.75, 3.05) is 17.7 Å². The summed E-state index contributed by atoms with van der Waals surface area (Å²) in [5, 5.41) is 0.609. The van der Waals surface area contributed by atoms with Gasteiger partial charge in [-0.05, 0) is 23.3 Å². The summed E-state index contributed by atoms with van der Waals surface area (Å²) in [6, 6.07) is 15.3. The van der Waals surface area contributed by atoms with Crippen LogP contribution in [0.15, 0.2) is 61.2 Å². The second kappa shape index (κ2) is 6.26.